The summed E-state index contributed by atoms with van der Waals surface area (Å²) in [5.41, 5.74) is 6.63. The minimum atomic E-state index is -2.58. The zero-order valence-corrected chi connectivity index (χ0v) is 9.38. The van der Waals surface area contributed by atoms with Gasteiger partial charge in [0.15, 0.2) is 0 Å². The predicted molar refractivity (Wildman–Crippen MR) is 66.3 cm³/mol. The Morgan fingerprint density at radius 1 is 1.12 bits per heavy atom. The van der Waals surface area contributed by atoms with Crippen molar-refractivity contribution in [1.29, 1.82) is 0 Å². The lowest BCUT2D eigenvalue weighted by Crippen LogP contribution is -2.05. The van der Waals surface area contributed by atoms with E-state index in [1.54, 1.807) is 0 Å². The maximum absolute atomic E-state index is 7.23. The van der Waals surface area contributed by atoms with Crippen LogP contribution in [0.1, 0.15) is 32.7 Å². The first-order valence-electron chi connectivity index (χ1n) is 8.29. The minimum Gasteiger partial charge on any atom is -0.496 e. The van der Waals surface area contributed by atoms with Crippen molar-refractivity contribution in [2.75, 3.05) is 20.6 Å². The van der Waals surface area contributed by atoms with Gasteiger partial charge < -0.3 is 15.2 Å². The van der Waals surface area contributed by atoms with E-state index in [-0.39, 0.29) is 18.0 Å². The second-order valence-electron chi connectivity index (χ2n) is 3.56. The molecule has 90 valence electrons. The zero-order valence-electron chi connectivity index (χ0n) is 15.4. The van der Waals surface area contributed by atoms with E-state index >= 15 is 0 Å². The fourth-order valence-corrected chi connectivity index (χ4v) is 1.65. The minimum absolute atomic E-state index is 0.187. The second kappa shape index (κ2) is 6.38. The molecule has 0 bridgehead atoms. The molecule has 0 saturated heterocycles. The zero-order chi connectivity index (χ0) is 17.0. The van der Waals surface area contributed by atoms with Gasteiger partial charge in [-0.1, -0.05) is 13.3 Å². The van der Waals surface area contributed by atoms with Crippen molar-refractivity contribution in [3.8, 4) is 11.5 Å². The van der Waals surface area contributed by atoms with Gasteiger partial charge in [-0.05, 0) is 42.6 Å². The lowest BCUT2D eigenvalue weighted by molar-refractivity contribution is 0.394. The SMILES string of the molecule is [2H]C([2H])([2H])Oc1cc(CCN)c(OC([2H])([2H])[2H])cc1CCC. The Hall–Kier alpha value is -1.22. The maximum atomic E-state index is 7.23. The lowest BCUT2D eigenvalue weighted by Gasteiger charge is -2.14. The first-order chi connectivity index (χ1) is 10.1. The van der Waals surface area contributed by atoms with Crippen LogP contribution in [0.4, 0.5) is 0 Å². The molecule has 1 aromatic rings. The number of hydrogen-bond donors (Lipinski definition) is 1. The fraction of sp³-hybridized carbons (Fsp3) is 0.538. The third-order valence-corrected chi connectivity index (χ3v) is 2.40. The van der Waals surface area contributed by atoms with Crippen molar-refractivity contribution >= 4 is 0 Å². The summed E-state index contributed by atoms with van der Waals surface area (Å²) in [6.45, 7) is 2.20. The number of rotatable bonds is 6. The topological polar surface area (TPSA) is 44.5 Å². The van der Waals surface area contributed by atoms with Gasteiger partial charge in [0.2, 0.25) is 0 Å². The summed E-state index contributed by atoms with van der Waals surface area (Å²) in [7, 11) is -5.16. The summed E-state index contributed by atoms with van der Waals surface area (Å²) in [6, 6.07) is 3.03. The summed E-state index contributed by atoms with van der Waals surface area (Å²) >= 11 is 0. The molecule has 2 N–H and O–H groups in total. The quantitative estimate of drug-likeness (QED) is 0.813. The van der Waals surface area contributed by atoms with E-state index in [0.29, 0.717) is 24.0 Å². The Kier molecular flexibility index (Phi) is 2.59. The normalized spacial score (nSPS) is 17.4. The van der Waals surface area contributed by atoms with Crippen LogP contribution in [0, 0.1) is 0 Å². The van der Waals surface area contributed by atoms with Crippen LogP contribution in [0.25, 0.3) is 0 Å². The molecular formula is C13H21NO2. The van der Waals surface area contributed by atoms with Crippen LogP contribution in [0.3, 0.4) is 0 Å². The van der Waals surface area contributed by atoms with E-state index in [1.165, 1.54) is 12.1 Å². The van der Waals surface area contributed by atoms with Crippen molar-refractivity contribution in [3.05, 3.63) is 23.3 Å². The Morgan fingerprint density at radius 3 is 2.12 bits per heavy atom. The monoisotopic (exact) mass is 229 g/mol. The molecule has 3 nitrogen and oxygen atoms in total. The summed E-state index contributed by atoms with van der Waals surface area (Å²) in [5.74, 6) is 0.398. The van der Waals surface area contributed by atoms with Gasteiger partial charge >= 0.3 is 0 Å². The van der Waals surface area contributed by atoms with Crippen LogP contribution >= 0.6 is 0 Å². The van der Waals surface area contributed by atoms with Crippen LogP contribution in [0.2, 0.25) is 0 Å². The molecule has 0 amide bonds. The highest BCUT2D eigenvalue weighted by Gasteiger charge is 2.09. The molecule has 0 aromatic heterocycles. The number of ether oxygens (including phenoxy) is 2. The van der Waals surface area contributed by atoms with Crippen LogP contribution in [-0.2, 0) is 12.8 Å². The third kappa shape index (κ3) is 2.89. The molecule has 0 heterocycles. The van der Waals surface area contributed by atoms with Crippen molar-refractivity contribution in [3.63, 3.8) is 0 Å². The number of benzene rings is 1. The van der Waals surface area contributed by atoms with Crippen LogP contribution in [0.5, 0.6) is 11.5 Å². The molecule has 3 heteroatoms. The van der Waals surface area contributed by atoms with E-state index in [0.717, 1.165) is 6.42 Å². The Balaban J connectivity index is 3.30. The number of aryl methyl sites for hydroxylation is 1. The van der Waals surface area contributed by atoms with Crippen molar-refractivity contribution in [2.24, 2.45) is 5.73 Å². The molecule has 0 fully saturated rings. The Morgan fingerprint density at radius 2 is 1.69 bits per heavy atom. The van der Waals surface area contributed by atoms with Gasteiger partial charge in [0.1, 0.15) is 11.5 Å². The van der Waals surface area contributed by atoms with E-state index in [2.05, 4.69) is 0 Å². The van der Waals surface area contributed by atoms with Gasteiger partial charge in [-0.2, -0.15) is 0 Å². The Labute approximate surface area is 106 Å². The predicted octanol–water partition coefficient (Wildman–Crippen LogP) is 2.16. The maximum Gasteiger partial charge on any atom is 0.122 e. The first-order valence-corrected chi connectivity index (χ1v) is 5.29. The third-order valence-electron chi connectivity index (χ3n) is 2.40. The molecule has 0 aliphatic rings. The highest BCUT2D eigenvalue weighted by molar-refractivity contribution is 5.46. The first kappa shape index (κ1) is 6.50. The second-order valence-corrected chi connectivity index (χ2v) is 3.56. The average Bonchev–Trinajstić information content (AvgIpc) is 2.31. The molecule has 1 rings (SSSR count). The van der Waals surface area contributed by atoms with Crippen molar-refractivity contribution < 1.29 is 17.7 Å². The van der Waals surface area contributed by atoms with E-state index in [4.69, 9.17) is 23.4 Å². The fourth-order valence-electron chi connectivity index (χ4n) is 1.65. The van der Waals surface area contributed by atoms with Crippen LogP contribution < -0.4 is 15.2 Å². The molecule has 0 unspecified atom stereocenters. The van der Waals surface area contributed by atoms with Crippen LogP contribution in [-0.4, -0.2) is 20.6 Å². The molecule has 0 aliphatic carbocycles. The summed E-state index contributed by atoms with van der Waals surface area (Å²) < 4.78 is 53.4. The highest BCUT2D eigenvalue weighted by atomic mass is 16.5. The molecule has 0 saturated carbocycles. The van der Waals surface area contributed by atoms with Gasteiger partial charge in [-0.25, -0.2) is 0 Å². The average molecular weight is 229 g/mol. The van der Waals surface area contributed by atoms with Gasteiger partial charge in [-0.3, -0.25) is 0 Å². The number of methoxy groups -OCH3 is 2. The van der Waals surface area contributed by atoms with E-state index in [9.17, 15) is 0 Å². The summed E-state index contributed by atoms with van der Waals surface area (Å²) in [6.07, 6.45) is 1.65. The van der Waals surface area contributed by atoms with Gasteiger partial charge in [0.25, 0.3) is 0 Å². The molecule has 1 aromatic carbocycles. The Bertz CT molecular complexity index is 453. The molecular weight excluding hydrogens is 202 g/mol. The van der Waals surface area contributed by atoms with Gasteiger partial charge in [0.05, 0.1) is 22.3 Å². The summed E-state index contributed by atoms with van der Waals surface area (Å²) in [4.78, 5) is 0. The molecule has 0 aliphatic heterocycles. The lowest BCUT2D eigenvalue weighted by atomic mass is 10.0. The van der Waals surface area contributed by atoms with Gasteiger partial charge in [0, 0.05) is 0 Å². The molecule has 0 atom stereocenters. The van der Waals surface area contributed by atoms with Crippen molar-refractivity contribution in [2.45, 2.75) is 26.2 Å². The van der Waals surface area contributed by atoms with Crippen molar-refractivity contribution in [1.82, 2.24) is 0 Å². The molecule has 0 spiro atoms. The van der Waals surface area contributed by atoms with E-state index < -0.39 is 14.1 Å². The van der Waals surface area contributed by atoms with Crippen LogP contribution in [0.15, 0.2) is 12.1 Å². The summed E-state index contributed by atoms with van der Waals surface area (Å²) in [5, 5.41) is 0. The highest BCUT2D eigenvalue weighted by Crippen LogP contribution is 2.29. The molecule has 0 radical (unpaired) electrons. The standard InChI is InChI=1S/C13H21NO2/c1-4-5-10-8-13(16-3)11(6-7-14)9-12(10)15-2/h8-9H,4-7,14H2,1-3H3/i2D3,3D3. The molecule has 16 heavy (non-hydrogen) atoms. The smallest absolute Gasteiger partial charge is 0.122 e. The van der Waals surface area contributed by atoms with Gasteiger partial charge in [-0.15, -0.1) is 0 Å². The number of nitrogens with two attached hydrogens (primary N) is 1. The number of hydrogen-bond acceptors (Lipinski definition) is 3. The van der Waals surface area contributed by atoms with E-state index in [1.807, 2.05) is 6.92 Å². The largest absolute Gasteiger partial charge is 0.496 e.